The summed E-state index contributed by atoms with van der Waals surface area (Å²) in [5, 5.41) is 11.1. The summed E-state index contributed by atoms with van der Waals surface area (Å²) in [7, 11) is 0. The van der Waals surface area contributed by atoms with Crippen LogP contribution in [0.3, 0.4) is 0 Å². The van der Waals surface area contributed by atoms with Crippen LogP contribution in [-0.4, -0.2) is 9.91 Å². The van der Waals surface area contributed by atoms with Gasteiger partial charge < -0.3 is 10.5 Å². The lowest BCUT2D eigenvalue weighted by molar-refractivity contribution is -0.385. The second-order valence-corrected chi connectivity index (χ2v) is 4.57. The molecule has 1 heterocycles. The molecule has 1 aromatic carbocycles. The van der Waals surface area contributed by atoms with Crippen molar-refractivity contribution in [1.29, 1.82) is 0 Å². The molecule has 0 aliphatic heterocycles. The fourth-order valence-corrected chi connectivity index (χ4v) is 1.78. The van der Waals surface area contributed by atoms with E-state index in [1.54, 1.807) is 18.3 Å². The molecule has 6 nitrogen and oxygen atoms in total. The average Bonchev–Trinajstić information content (AvgIpc) is 2.41. The first-order chi connectivity index (χ1) is 9.49. The number of nitro benzene ring substituents is 1. The minimum Gasteiger partial charge on any atom is -0.430 e. The summed E-state index contributed by atoms with van der Waals surface area (Å²) < 4.78 is 5.41. The average molecular weight is 294 g/mol. The molecule has 0 amide bonds. The maximum atomic E-state index is 10.9. The van der Waals surface area contributed by atoms with Gasteiger partial charge in [-0.1, -0.05) is 23.7 Å². The molecular formula is C13H12ClN3O3. The number of para-hydroxylation sites is 1. The van der Waals surface area contributed by atoms with Crippen molar-refractivity contribution < 1.29 is 9.66 Å². The lowest BCUT2D eigenvalue weighted by atomic mass is 10.2. The van der Waals surface area contributed by atoms with E-state index in [1.165, 1.54) is 18.2 Å². The van der Waals surface area contributed by atoms with Crippen LogP contribution in [0.5, 0.6) is 11.6 Å². The molecule has 0 radical (unpaired) electrons. The number of aromatic nitrogens is 1. The van der Waals surface area contributed by atoms with E-state index in [9.17, 15) is 10.1 Å². The van der Waals surface area contributed by atoms with Gasteiger partial charge in [-0.05, 0) is 18.6 Å². The van der Waals surface area contributed by atoms with Crippen molar-refractivity contribution in [2.24, 2.45) is 5.73 Å². The highest BCUT2D eigenvalue weighted by atomic mass is 35.5. The van der Waals surface area contributed by atoms with Crippen molar-refractivity contribution in [1.82, 2.24) is 4.98 Å². The zero-order valence-electron chi connectivity index (χ0n) is 10.6. The quantitative estimate of drug-likeness (QED) is 0.688. The second-order valence-electron chi connectivity index (χ2n) is 4.17. The van der Waals surface area contributed by atoms with E-state index in [2.05, 4.69) is 4.98 Å². The van der Waals surface area contributed by atoms with Gasteiger partial charge in [-0.25, -0.2) is 4.98 Å². The van der Waals surface area contributed by atoms with Gasteiger partial charge in [0.2, 0.25) is 11.6 Å². The predicted molar refractivity (Wildman–Crippen MR) is 75.0 cm³/mol. The molecule has 20 heavy (non-hydrogen) atoms. The lowest BCUT2D eigenvalue weighted by Crippen LogP contribution is -2.05. The fourth-order valence-electron chi connectivity index (χ4n) is 1.57. The summed E-state index contributed by atoms with van der Waals surface area (Å²) in [6.45, 7) is 1.83. The van der Waals surface area contributed by atoms with Gasteiger partial charge in [-0.15, -0.1) is 0 Å². The Morgan fingerprint density at radius 3 is 2.70 bits per heavy atom. The van der Waals surface area contributed by atoms with Crippen molar-refractivity contribution in [3.05, 3.63) is 57.2 Å². The molecule has 2 N–H and O–H groups in total. The van der Waals surface area contributed by atoms with Crippen molar-refractivity contribution in [3.8, 4) is 11.6 Å². The summed E-state index contributed by atoms with van der Waals surface area (Å²) in [6, 6.07) is 7.50. The van der Waals surface area contributed by atoms with Crippen LogP contribution >= 0.6 is 11.6 Å². The second kappa shape index (κ2) is 5.85. The smallest absolute Gasteiger partial charge is 0.313 e. The third kappa shape index (κ3) is 3.04. The number of hydrogen-bond donors (Lipinski definition) is 1. The lowest BCUT2D eigenvalue weighted by Gasteiger charge is -2.09. The summed E-state index contributed by atoms with van der Waals surface area (Å²) in [5.74, 6) is 0.186. The molecule has 0 aliphatic carbocycles. The molecule has 0 unspecified atom stereocenters. The summed E-state index contributed by atoms with van der Waals surface area (Å²) in [6.07, 6.45) is 1.56. The number of ether oxygens (including phenoxy) is 1. The van der Waals surface area contributed by atoms with Gasteiger partial charge >= 0.3 is 5.69 Å². The molecule has 7 heteroatoms. The molecule has 0 aliphatic rings. The number of nitrogens with two attached hydrogens (primary N) is 1. The Balaban J connectivity index is 2.32. The SMILES string of the molecule is C[C@H](N)c1ccc(Oc2c(Cl)cccc2[N+](=O)[O-])nc1. The first-order valence-corrected chi connectivity index (χ1v) is 6.19. The van der Waals surface area contributed by atoms with Gasteiger partial charge in [-0.2, -0.15) is 0 Å². The minimum absolute atomic E-state index is 0.0276. The van der Waals surface area contributed by atoms with Crippen LogP contribution in [-0.2, 0) is 0 Å². The number of pyridine rings is 1. The van der Waals surface area contributed by atoms with Crippen LogP contribution in [0.25, 0.3) is 0 Å². The third-order valence-corrected chi connectivity index (χ3v) is 2.93. The summed E-state index contributed by atoms with van der Waals surface area (Å²) in [4.78, 5) is 14.4. The zero-order valence-corrected chi connectivity index (χ0v) is 11.4. The normalized spacial score (nSPS) is 11.9. The molecule has 104 valence electrons. The zero-order chi connectivity index (χ0) is 14.7. The van der Waals surface area contributed by atoms with Crippen molar-refractivity contribution in [2.45, 2.75) is 13.0 Å². The number of hydrogen-bond acceptors (Lipinski definition) is 5. The van der Waals surface area contributed by atoms with Crippen molar-refractivity contribution in [3.63, 3.8) is 0 Å². The molecule has 0 spiro atoms. The number of nitro groups is 1. The van der Waals surface area contributed by atoms with Crippen molar-refractivity contribution in [2.75, 3.05) is 0 Å². The molecule has 2 rings (SSSR count). The first-order valence-electron chi connectivity index (χ1n) is 5.81. The largest absolute Gasteiger partial charge is 0.430 e. The Kier molecular flexibility index (Phi) is 4.16. The summed E-state index contributed by atoms with van der Waals surface area (Å²) >= 11 is 5.93. The Bertz CT molecular complexity index is 629. The molecule has 1 aromatic heterocycles. The number of benzene rings is 1. The Hall–Kier alpha value is -2.18. The topological polar surface area (TPSA) is 91.3 Å². The predicted octanol–water partition coefficient (Wildman–Crippen LogP) is 3.46. The first kappa shape index (κ1) is 14.2. The number of nitrogens with zero attached hydrogens (tertiary/aromatic N) is 2. The molecule has 0 saturated carbocycles. The Morgan fingerprint density at radius 2 is 2.15 bits per heavy atom. The fraction of sp³-hybridized carbons (Fsp3) is 0.154. The maximum absolute atomic E-state index is 10.9. The van der Waals surface area contributed by atoms with E-state index < -0.39 is 4.92 Å². The van der Waals surface area contributed by atoms with E-state index in [4.69, 9.17) is 22.1 Å². The van der Waals surface area contributed by atoms with Crippen LogP contribution in [0.1, 0.15) is 18.5 Å². The third-order valence-electron chi connectivity index (χ3n) is 2.63. The van der Waals surface area contributed by atoms with Crippen LogP contribution in [0, 0.1) is 10.1 Å². The van der Waals surface area contributed by atoms with Gasteiger partial charge in [0.25, 0.3) is 0 Å². The van der Waals surface area contributed by atoms with Gasteiger partial charge in [0, 0.05) is 24.4 Å². The molecule has 2 aromatic rings. The molecule has 0 saturated heterocycles. The van der Waals surface area contributed by atoms with Crippen LogP contribution < -0.4 is 10.5 Å². The highest BCUT2D eigenvalue weighted by Crippen LogP contribution is 2.37. The van der Waals surface area contributed by atoms with Gasteiger partial charge in [0.15, 0.2) is 0 Å². The Labute approximate surface area is 120 Å². The van der Waals surface area contributed by atoms with Gasteiger partial charge in [0.1, 0.15) is 0 Å². The van der Waals surface area contributed by atoms with E-state index in [0.717, 1.165) is 5.56 Å². The van der Waals surface area contributed by atoms with E-state index in [0.29, 0.717) is 0 Å². The van der Waals surface area contributed by atoms with Gasteiger partial charge in [-0.3, -0.25) is 10.1 Å². The van der Waals surface area contributed by atoms with E-state index >= 15 is 0 Å². The maximum Gasteiger partial charge on any atom is 0.313 e. The van der Waals surface area contributed by atoms with Gasteiger partial charge in [0.05, 0.1) is 9.95 Å². The monoisotopic (exact) mass is 293 g/mol. The molecule has 1 atom stereocenters. The van der Waals surface area contributed by atoms with Crippen molar-refractivity contribution >= 4 is 17.3 Å². The molecular weight excluding hydrogens is 282 g/mol. The van der Waals surface area contributed by atoms with Crippen LogP contribution in [0.4, 0.5) is 5.69 Å². The van der Waals surface area contributed by atoms with E-state index in [1.807, 2.05) is 6.92 Å². The highest BCUT2D eigenvalue weighted by molar-refractivity contribution is 6.32. The minimum atomic E-state index is -0.558. The highest BCUT2D eigenvalue weighted by Gasteiger charge is 2.19. The number of rotatable bonds is 4. The standard InChI is InChI=1S/C13H12ClN3O3/c1-8(15)9-5-6-12(16-7-9)20-13-10(14)3-2-4-11(13)17(18)19/h2-8H,15H2,1H3/t8-/m0/s1. The Morgan fingerprint density at radius 1 is 1.40 bits per heavy atom. The summed E-state index contributed by atoms with van der Waals surface area (Å²) in [5.41, 5.74) is 6.34. The van der Waals surface area contributed by atoms with Crippen LogP contribution in [0.2, 0.25) is 5.02 Å². The van der Waals surface area contributed by atoms with Crippen LogP contribution in [0.15, 0.2) is 36.5 Å². The molecule has 0 fully saturated rings. The number of halogens is 1. The molecule has 0 bridgehead atoms. The van der Waals surface area contributed by atoms with E-state index in [-0.39, 0.29) is 28.4 Å².